The van der Waals surface area contributed by atoms with E-state index in [4.69, 9.17) is 0 Å². The van der Waals surface area contributed by atoms with Crippen LogP contribution in [-0.2, 0) is 17.4 Å². The monoisotopic (exact) mass is 271 g/mol. The number of likely N-dealkylation sites (N-methyl/N-ethyl adjacent to an activating group) is 1. The molecule has 0 unspecified atom stereocenters. The van der Waals surface area contributed by atoms with Crippen molar-refractivity contribution in [2.45, 2.75) is 70.8 Å². The quantitative estimate of drug-likeness (QED) is 0.667. The molecule has 0 bridgehead atoms. The number of aryl methyl sites for hydroxylation is 1. The van der Waals surface area contributed by atoms with Crippen LogP contribution in [0.25, 0.3) is 0 Å². The lowest BCUT2D eigenvalue weighted by Crippen LogP contribution is -2.47. The zero-order valence-electron chi connectivity index (χ0n) is 14.0. The molecule has 0 saturated carbocycles. The minimum Gasteiger partial charge on any atom is -0.297 e. The van der Waals surface area contributed by atoms with Crippen molar-refractivity contribution >= 4 is 0 Å². The summed E-state index contributed by atoms with van der Waals surface area (Å²) >= 11 is 0. The summed E-state index contributed by atoms with van der Waals surface area (Å²) < 4.78 is 0. The highest BCUT2D eigenvalue weighted by Gasteiger charge is 2.39. The highest BCUT2D eigenvalue weighted by Crippen LogP contribution is 2.46. The van der Waals surface area contributed by atoms with Crippen molar-refractivity contribution in [1.29, 1.82) is 0 Å². The molecule has 0 amide bonds. The van der Waals surface area contributed by atoms with Crippen LogP contribution in [0.1, 0.15) is 75.6 Å². The van der Waals surface area contributed by atoms with Gasteiger partial charge in [0.25, 0.3) is 0 Å². The van der Waals surface area contributed by atoms with Crippen molar-refractivity contribution in [2.75, 3.05) is 13.6 Å². The maximum atomic E-state index is 2.56. The molecular weight excluding hydrogens is 242 g/mol. The van der Waals surface area contributed by atoms with Crippen LogP contribution in [0.4, 0.5) is 0 Å². The van der Waals surface area contributed by atoms with Gasteiger partial charge in [0.05, 0.1) is 0 Å². The number of hydrogen-bond donors (Lipinski definition) is 0. The van der Waals surface area contributed by atoms with E-state index in [9.17, 15) is 0 Å². The summed E-state index contributed by atoms with van der Waals surface area (Å²) in [5, 5.41) is 0. The molecule has 0 aromatic heterocycles. The Morgan fingerprint density at radius 3 is 2.55 bits per heavy atom. The zero-order valence-corrected chi connectivity index (χ0v) is 14.0. The Labute approximate surface area is 124 Å². The lowest BCUT2D eigenvalue weighted by molar-refractivity contribution is 0.122. The van der Waals surface area contributed by atoms with Crippen LogP contribution in [0.2, 0.25) is 0 Å². The van der Waals surface area contributed by atoms with Crippen molar-refractivity contribution in [1.82, 2.24) is 4.90 Å². The summed E-state index contributed by atoms with van der Waals surface area (Å²) in [5.74, 6) is 0.765. The second kappa shape index (κ2) is 4.34. The van der Waals surface area contributed by atoms with Gasteiger partial charge in [-0.1, -0.05) is 32.9 Å². The standard InChI is InChI=1S/C19H29N/c1-18(2,3)15-10-13-8-7-9-14-12-20(6)19(4,5)16(11-15)17(13)14/h10-11,14H,7-9,12H2,1-6H3/t14-/m1/s1. The molecule has 1 heteroatoms. The molecule has 20 heavy (non-hydrogen) atoms. The van der Waals surface area contributed by atoms with Gasteiger partial charge < -0.3 is 0 Å². The molecule has 0 N–H and O–H groups in total. The second-order valence-electron chi connectivity index (χ2n) is 8.38. The zero-order chi connectivity index (χ0) is 14.7. The van der Waals surface area contributed by atoms with E-state index in [0.29, 0.717) is 0 Å². The summed E-state index contributed by atoms with van der Waals surface area (Å²) in [6.07, 6.45) is 4.01. The van der Waals surface area contributed by atoms with E-state index in [1.54, 1.807) is 16.7 Å². The fraction of sp³-hybridized carbons (Fsp3) is 0.684. The normalized spacial score (nSPS) is 25.4. The molecule has 2 aliphatic rings. The minimum absolute atomic E-state index is 0.166. The molecule has 0 spiro atoms. The predicted octanol–water partition coefficient (Wildman–Crippen LogP) is 4.58. The van der Waals surface area contributed by atoms with Gasteiger partial charge in [-0.3, -0.25) is 4.90 Å². The molecule has 0 saturated heterocycles. The summed E-state index contributed by atoms with van der Waals surface area (Å²) in [5.41, 5.74) is 6.86. The summed E-state index contributed by atoms with van der Waals surface area (Å²) in [6, 6.07) is 5.01. The summed E-state index contributed by atoms with van der Waals surface area (Å²) in [6.45, 7) is 13.0. The van der Waals surface area contributed by atoms with Crippen molar-refractivity contribution in [2.24, 2.45) is 0 Å². The summed E-state index contributed by atoms with van der Waals surface area (Å²) in [4.78, 5) is 2.56. The van der Waals surface area contributed by atoms with E-state index < -0.39 is 0 Å². The Morgan fingerprint density at radius 2 is 1.90 bits per heavy atom. The van der Waals surface area contributed by atoms with E-state index in [-0.39, 0.29) is 11.0 Å². The van der Waals surface area contributed by atoms with Gasteiger partial charge in [-0.25, -0.2) is 0 Å². The van der Waals surface area contributed by atoms with Gasteiger partial charge in [0, 0.05) is 12.1 Å². The van der Waals surface area contributed by atoms with Crippen LogP contribution in [0.5, 0.6) is 0 Å². The average molecular weight is 271 g/mol. The van der Waals surface area contributed by atoms with Gasteiger partial charge in [0.15, 0.2) is 0 Å². The maximum absolute atomic E-state index is 2.56. The van der Waals surface area contributed by atoms with Gasteiger partial charge in [-0.2, -0.15) is 0 Å². The van der Waals surface area contributed by atoms with Crippen molar-refractivity contribution in [3.8, 4) is 0 Å². The topological polar surface area (TPSA) is 3.24 Å². The lowest BCUT2D eigenvalue weighted by atomic mass is 9.69. The molecule has 0 radical (unpaired) electrons. The smallest absolute Gasteiger partial charge is 0.0404 e. The van der Waals surface area contributed by atoms with Gasteiger partial charge in [0.2, 0.25) is 0 Å². The van der Waals surface area contributed by atoms with Crippen molar-refractivity contribution in [3.05, 3.63) is 34.4 Å². The fourth-order valence-electron chi connectivity index (χ4n) is 3.97. The Balaban J connectivity index is 2.25. The Bertz CT molecular complexity index is 533. The number of hydrogen-bond acceptors (Lipinski definition) is 1. The first-order chi connectivity index (χ1) is 9.21. The fourth-order valence-corrected chi connectivity index (χ4v) is 3.97. The van der Waals surface area contributed by atoms with Crippen LogP contribution >= 0.6 is 0 Å². The van der Waals surface area contributed by atoms with Crippen LogP contribution in [0.15, 0.2) is 12.1 Å². The van der Waals surface area contributed by atoms with Crippen LogP contribution < -0.4 is 0 Å². The van der Waals surface area contributed by atoms with Gasteiger partial charge in [-0.15, -0.1) is 0 Å². The van der Waals surface area contributed by atoms with E-state index >= 15 is 0 Å². The molecule has 1 atom stereocenters. The number of nitrogens with zero attached hydrogens (tertiary/aromatic N) is 1. The maximum Gasteiger partial charge on any atom is 0.0404 e. The number of benzene rings is 1. The minimum atomic E-state index is 0.166. The van der Waals surface area contributed by atoms with E-state index in [0.717, 1.165) is 5.92 Å². The molecule has 110 valence electrons. The molecule has 1 nitrogen and oxygen atoms in total. The average Bonchev–Trinajstić information content (AvgIpc) is 2.35. The van der Waals surface area contributed by atoms with Crippen LogP contribution in [0.3, 0.4) is 0 Å². The highest BCUT2D eigenvalue weighted by molar-refractivity contribution is 5.49. The third kappa shape index (κ3) is 2.02. The highest BCUT2D eigenvalue weighted by atomic mass is 15.2. The molecule has 1 heterocycles. The second-order valence-corrected chi connectivity index (χ2v) is 8.38. The molecular formula is C19H29N. The molecule has 1 aromatic carbocycles. The predicted molar refractivity (Wildman–Crippen MR) is 86.5 cm³/mol. The molecule has 1 aliphatic carbocycles. The molecule has 1 aliphatic heterocycles. The van der Waals surface area contributed by atoms with Gasteiger partial charge in [-0.05, 0) is 73.7 Å². The largest absolute Gasteiger partial charge is 0.297 e. The Morgan fingerprint density at radius 1 is 1.20 bits per heavy atom. The van der Waals surface area contributed by atoms with Crippen LogP contribution in [0, 0.1) is 0 Å². The molecule has 3 rings (SSSR count). The van der Waals surface area contributed by atoms with E-state index in [2.05, 4.69) is 58.7 Å². The Kier molecular flexibility index (Phi) is 3.06. The Hall–Kier alpha value is -0.820. The third-order valence-electron chi connectivity index (χ3n) is 5.65. The molecule has 0 fully saturated rings. The lowest BCUT2D eigenvalue weighted by Gasteiger charge is -2.48. The van der Waals surface area contributed by atoms with Gasteiger partial charge >= 0.3 is 0 Å². The first kappa shape index (κ1) is 14.1. The van der Waals surface area contributed by atoms with Crippen LogP contribution in [-0.4, -0.2) is 18.5 Å². The summed E-state index contributed by atoms with van der Waals surface area (Å²) in [7, 11) is 2.29. The first-order valence-corrected chi connectivity index (χ1v) is 8.10. The van der Waals surface area contributed by atoms with Crippen molar-refractivity contribution < 1.29 is 0 Å². The van der Waals surface area contributed by atoms with E-state index in [1.807, 2.05) is 0 Å². The van der Waals surface area contributed by atoms with E-state index in [1.165, 1.54) is 31.4 Å². The van der Waals surface area contributed by atoms with Crippen molar-refractivity contribution in [3.63, 3.8) is 0 Å². The third-order valence-corrected chi connectivity index (χ3v) is 5.65. The number of rotatable bonds is 0. The SMILES string of the molecule is CN1C[C@H]2CCCc3cc(C(C)(C)C)cc(c32)C1(C)C. The molecule has 1 aromatic rings. The van der Waals surface area contributed by atoms with Gasteiger partial charge in [0.1, 0.15) is 0 Å². The first-order valence-electron chi connectivity index (χ1n) is 8.10.